The zero-order chi connectivity index (χ0) is 12.1. The minimum absolute atomic E-state index is 0.353. The van der Waals surface area contributed by atoms with Crippen LogP contribution >= 0.6 is 23.2 Å². The van der Waals surface area contributed by atoms with E-state index < -0.39 is 0 Å². The summed E-state index contributed by atoms with van der Waals surface area (Å²) in [5.74, 6) is 0. The highest BCUT2D eigenvalue weighted by atomic mass is 35.5. The van der Waals surface area contributed by atoms with Gasteiger partial charge < -0.3 is 5.11 Å². The molecule has 1 aromatic carbocycles. The van der Waals surface area contributed by atoms with Crippen LogP contribution in [0.25, 0.3) is 0 Å². The zero-order valence-corrected chi connectivity index (χ0v) is 10.9. The lowest BCUT2D eigenvalue weighted by atomic mass is 10.0. The largest absolute Gasteiger partial charge is 0.393 e. The summed E-state index contributed by atoms with van der Waals surface area (Å²) >= 11 is 11.7. The van der Waals surface area contributed by atoms with Gasteiger partial charge in [-0.1, -0.05) is 34.8 Å². The van der Waals surface area contributed by atoms with Gasteiger partial charge in [0.2, 0.25) is 0 Å². The summed E-state index contributed by atoms with van der Waals surface area (Å²) in [7, 11) is 0. The van der Waals surface area contributed by atoms with Crippen molar-refractivity contribution in [2.45, 2.75) is 32.3 Å². The van der Waals surface area contributed by atoms with Crippen molar-refractivity contribution in [3.63, 3.8) is 0 Å². The molecule has 0 amide bonds. The fourth-order valence-electron chi connectivity index (χ4n) is 1.45. The highest BCUT2D eigenvalue weighted by Crippen LogP contribution is 2.23. The van der Waals surface area contributed by atoms with E-state index in [1.165, 1.54) is 0 Å². The summed E-state index contributed by atoms with van der Waals surface area (Å²) in [6.07, 6.45) is 1.83. The first kappa shape index (κ1) is 13.6. The number of benzene rings is 1. The molecule has 1 rings (SSSR count). The highest BCUT2D eigenvalue weighted by Gasteiger charge is 2.07. The van der Waals surface area contributed by atoms with Crippen LogP contribution in [0.2, 0.25) is 10.0 Å². The Bertz CT molecular complexity index is 374. The zero-order valence-electron chi connectivity index (χ0n) is 9.34. The Morgan fingerprint density at radius 1 is 1.38 bits per heavy atom. The molecular weight excluding hydrogens is 243 g/mol. The number of rotatable bonds is 5. The molecule has 3 heteroatoms. The smallest absolute Gasteiger partial charge is 0.0595 e. The molecule has 0 aromatic heterocycles. The third kappa shape index (κ3) is 4.56. The van der Waals surface area contributed by atoms with Gasteiger partial charge >= 0.3 is 0 Å². The number of aliphatic hydroxyl groups excluding tert-OH is 1. The van der Waals surface area contributed by atoms with Crippen LogP contribution in [0.1, 0.15) is 25.3 Å². The molecule has 1 atom stereocenters. The molecular formula is C13H16Cl2O. The van der Waals surface area contributed by atoms with Gasteiger partial charge in [0.25, 0.3) is 0 Å². The average molecular weight is 259 g/mol. The molecule has 0 aliphatic rings. The number of aliphatic hydroxyl groups is 1. The Kier molecular flexibility index (Phi) is 5.33. The number of hydrogen-bond donors (Lipinski definition) is 1. The molecule has 1 aromatic rings. The van der Waals surface area contributed by atoms with Gasteiger partial charge in [-0.15, -0.1) is 6.58 Å². The quantitative estimate of drug-likeness (QED) is 0.783. The van der Waals surface area contributed by atoms with E-state index in [4.69, 9.17) is 23.2 Å². The maximum absolute atomic E-state index is 9.79. The molecule has 0 aliphatic carbocycles. The van der Waals surface area contributed by atoms with Crippen LogP contribution in [0.15, 0.2) is 30.4 Å². The summed E-state index contributed by atoms with van der Waals surface area (Å²) in [5, 5.41) is 10.9. The van der Waals surface area contributed by atoms with Gasteiger partial charge in [0.15, 0.2) is 0 Å². The maximum atomic E-state index is 9.79. The van der Waals surface area contributed by atoms with E-state index >= 15 is 0 Å². The van der Waals surface area contributed by atoms with Crippen LogP contribution in [-0.2, 0) is 6.42 Å². The summed E-state index contributed by atoms with van der Waals surface area (Å²) in [5.41, 5.74) is 2.09. The van der Waals surface area contributed by atoms with E-state index in [0.717, 1.165) is 24.0 Å². The van der Waals surface area contributed by atoms with Gasteiger partial charge in [-0.25, -0.2) is 0 Å². The van der Waals surface area contributed by atoms with E-state index in [0.29, 0.717) is 16.5 Å². The van der Waals surface area contributed by atoms with Gasteiger partial charge in [-0.05, 0) is 43.9 Å². The molecule has 0 spiro atoms. The van der Waals surface area contributed by atoms with E-state index in [1.54, 1.807) is 12.1 Å². The molecule has 0 aliphatic heterocycles. The minimum Gasteiger partial charge on any atom is -0.393 e. The van der Waals surface area contributed by atoms with Gasteiger partial charge in [0, 0.05) is 0 Å². The molecule has 0 saturated heterocycles. The third-order valence-corrected chi connectivity index (χ3v) is 3.10. The van der Waals surface area contributed by atoms with Crippen molar-refractivity contribution >= 4 is 23.2 Å². The fraction of sp³-hybridized carbons (Fsp3) is 0.385. The Balaban J connectivity index is 2.52. The predicted octanol–water partition coefficient (Wildman–Crippen LogP) is 4.25. The number of hydrogen-bond acceptors (Lipinski definition) is 1. The van der Waals surface area contributed by atoms with Gasteiger partial charge in [0.1, 0.15) is 0 Å². The highest BCUT2D eigenvalue weighted by molar-refractivity contribution is 6.42. The van der Waals surface area contributed by atoms with Gasteiger partial charge in [0.05, 0.1) is 16.1 Å². The van der Waals surface area contributed by atoms with E-state index in [1.807, 2.05) is 13.0 Å². The van der Waals surface area contributed by atoms with Crippen molar-refractivity contribution in [3.05, 3.63) is 46.0 Å². The second-order valence-corrected chi connectivity index (χ2v) is 4.92. The fourth-order valence-corrected chi connectivity index (χ4v) is 1.77. The van der Waals surface area contributed by atoms with Crippen LogP contribution in [0.5, 0.6) is 0 Å². The van der Waals surface area contributed by atoms with Crippen molar-refractivity contribution in [1.82, 2.24) is 0 Å². The first-order chi connectivity index (χ1) is 7.49. The van der Waals surface area contributed by atoms with E-state index in [2.05, 4.69) is 6.58 Å². The Labute approximate surface area is 107 Å². The molecule has 0 saturated carbocycles. The summed E-state index contributed by atoms with van der Waals surface area (Å²) in [6.45, 7) is 5.77. The second-order valence-electron chi connectivity index (χ2n) is 4.10. The molecule has 0 heterocycles. The first-order valence-electron chi connectivity index (χ1n) is 5.25. The van der Waals surface area contributed by atoms with E-state index in [9.17, 15) is 5.11 Å². The lowest BCUT2D eigenvalue weighted by Crippen LogP contribution is -2.10. The van der Waals surface area contributed by atoms with E-state index in [-0.39, 0.29) is 6.10 Å². The van der Waals surface area contributed by atoms with Crippen molar-refractivity contribution < 1.29 is 5.11 Å². The van der Waals surface area contributed by atoms with Crippen molar-refractivity contribution in [3.8, 4) is 0 Å². The summed E-state index contributed by atoms with van der Waals surface area (Å²) < 4.78 is 0. The standard InChI is InChI=1S/C13H16Cl2O/c1-9(2)3-5-11(16)7-10-4-6-12(14)13(15)8-10/h4,6,8,11,16H,1,3,5,7H2,2H3. The summed E-state index contributed by atoms with van der Waals surface area (Å²) in [6, 6.07) is 5.44. The second kappa shape index (κ2) is 6.29. The molecule has 0 bridgehead atoms. The molecule has 88 valence electrons. The van der Waals surface area contributed by atoms with Gasteiger partial charge in [-0.2, -0.15) is 0 Å². The van der Waals surface area contributed by atoms with Gasteiger partial charge in [-0.3, -0.25) is 0 Å². The Morgan fingerprint density at radius 3 is 2.62 bits per heavy atom. The molecule has 16 heavy (non-hydrogen) atoms. The maximum Gasteiger partial charge on any atom is 0.0595 e. The average Bonchev–Trinajstić information content (AvgIpc) is 2.21. The van der Waals surface area contributed by atoms with Crippen molar-refractivity contribution in [2.75, 3.05) is 0 Å². The molecule has 0 radical (unpaired) electrons. The Morgan fingerprint density at radius 2 is 2.06 bits per heavy atom. The summed E-state index contributed by atoms with van der Waals surface area (Å²) in [4.78, 5) is 0. The number of halogens is 2. The molecule has 0 fully saturated rings. The monoisotopic (exact) mass is 258 g/mol. The minimum atomic E-state index is -0.353. The molecule has 1 nitrogen and oxygen atoms in total. The molecule has 1 unspecified atom stereocenters. The van der Waals surface area contributed by atoms with Crippen LogP contribution in [-0.4, -0.2) is 11.2 Å². The lowest BCUT2D eigenvalue weighted by Gasteiger charge is -2.11. The van der Waals surface area contributed by atoms with Crippen LogP contribution in [0, 0.1) is 0 Å². The van der Waals surface area contributed by atoms with Crippen LogP contribution < -0.4 is 0 Å². The lowest BCUT2D eigenvalue weighted by molar-refractivity contribution is 0.165. The van der Waals surface area contributed by atoms with Crippen LogP contribution in [0.3, 0.4) is 0 Å². The number of allylic oxidation sites excluding steroid dienone is 1. The first-order valence-corrected chi connectivity index (χ1v) is 6.01. The normalized spacial score (nSPS) is 12.5. The Hall–Kier alpha value is -0.500. The topological polar surface area (TPSA) is 20.2 Å². The van der Waals surface area contributed by atoms with Crippen molar-refractivity contribution in [1.29, 1.82) is 0 Å². The SMILES string of the molecule is C=C(C)CCC(O)Cc1ccc(Cl)c(Cl)c1. The third-order valence-electron chi connectivity index (χ3n) is 2.36. The predicted molar refractivity (Wildman–Crippen MR) is 70.2 cm³/mol. The van der Waals surface area contributed by atoms with Crippen LogP contribution in [0.4, 0.5) is 0 Å². The van der Waals surface area contributed by atoms with Crippen molar-refractivity contribution in [2.24, 2.45) is 0 Å². The molecule has 1 N–H and O–H groups in total.